The zero-order valence-electron chi connectivity index (χ0n) is 16.6. The van der Waals surface area contributed by atoms with Crippen molar-refractivity contribution in [2.24, 2.45) is 0 Å². The van der Waals surface area contributed by atoms with Crippen molar-refractivity contribution in [3.63, 3.8) is 0 Å². The molecule has 2 aromatic rings. The number of para-hydroxylation sites is 1. The SMILES string of the molecule is Cc1ccc(S(C)(=O)=O)cc1C(=O)NCc1ccccc1N1CCN(C)CC1. The number of anilines is 1. The Balaban J connectivity index is 1.76. The van der Waals surface area contributed by atoms with Gasteiger partial charge < -0.3 is 15.1 Å². The highest BCUT2D eigenvalue weighted by molar-refractivity contribution is 7.90. The third kappa shape index (κ3) is 4.72. The van der Waals surface area contributed by atoms with Gasteiger partial charge in [-0.05, 0) is 43.3 Å². The first-order valence-electron chi connectivity index (χ1n) is 9.36. The van der Waals surface area contributed by atoms with Crippen LogP contribution in [0.4, 0.5) is 5.69 Å². The topological polar surface area (TPSA) is 69.7 Å². The van der Waals surface area contributed by atoms with Gasteiger partial charge >= 0.3 is 0 Å². The second-order valence-corrected chi connectivity index (χ2v) is 9.37. The lowest BCUT2D eigenvalue weighted by atomic mass is 10.1. The average molecular weight is 402 g/mol. The van der Waals surface area contributed by atoms with Crippen molar-refractivity contribution in [3.05, 3.63) is 59.2 Å². The van der Waals surface area contributed by atoms with E-state index in [-0.39, 0.29) is 10.8 Å². The molecule has 0 unspecified atom stereocenters. The fourth-order valence-corrected chi connectivity index (χ4v) is 4.01. The molecule has 0 bridgehead atoms. The number of benzene rings is 2. The van der Waals surface area contributed by atoms with E-state index in [9.17, 15) is 13.2 Å². The van der Waals surface area contributed by atoms with E-state index in [0.717, 1.165) is 49.2 Å². The number of nitrogens with zero attached hydrogens (tertiary/aromatic N) is 2. The highest BCUT2D eigenvalue weighted by Gasteiger charge is 2.18. The number of hydrogen-bond acceptors (Lipinski definition) is 5. The molecule has 6 nitrogen and oxygen atoms in total. The molecule has 1 saturated heterocycles. The Morgan fingerprint density at radius 1 is 1.07 bits per heavy atom. The molecule has 0 atom stereocenters. The smallest absolute Gasteiger partial charge is 0.251 e. The Labute approximate surface area is 167 Å². The zero-order valence-corrected chi connectivity index (χ0v) is 17.4. The third-order valence-electron chi connectivity index (χ3n) is 5.16. The molecule has 1 aliphatic heterocycles. The van der Waals surface area contributed by atoms with Gasteiger partial charge in [-0.3, -0.25) is 4.79 Å². The lowest BCUT2D eigenvalue weighted by Crippen LogP contribution is -2.45. The molecule has 1 amide bonds. The Kier molecular flexibility index (Phi) is 6.05. The standard InChI is InChI=1S/C21H27N3O3S/c1-16-8-9-18(28(3,26)27)14-19(16)21(25)22-15-17-6-4-5-7-20(17)24-12-10-23(2)11-13-24/h4-9,14H,10-13,15H2,1-3H3,(H,22,25). The van der Waals surface area contributed by atoms with Crippen LogP contribution in [0.5, 0.6) is 0 Å². The molecule has 150 valence electrons. The van der Waals surface area contributed by atoms with E-state index in [0.29, 0.717) is 12.1 Å². The molecule has 7 heteroatoms. The molecule has 0 saturated carbocycles. The average Bonchev–Trinajstić information content (AvgIpc) is 2.66. The van der Waals surface area contributed by atoms with E-state index in [2.05, 4.69) is 28.2 Å². The fourth-order valence-electron chi connectivity index (χ4n) is 3.36. The van der Waals surface area contributed by atoms with Crippen LogP contribution in [0.1, 0.15) is 21.5 Å². The van der Waals surface area contributed by atoms with Crippen LogP contribution in [0, 0.1) is 6.92 Å². The predicted molar refractivity (Wildman–Crippen MR) is 112 cm³/mol. The second kappa shape index (κ2) is 8.32. The number of nitrogens with one attached hydrogen (secondary N) is 1. The molecule has 1 fully saturated rings. The zero-order chi connectivity index (χ0) is 20.3. The van der Waals surface area contributed by atoms with Crippen LogP contribution in [0.2, 0.25) is 0 Å². The monoisotopic (exact) mass is 401 g/mol. The van der Waals surface area contributed by atoms with Crippen molar-refractivity contribution in [3.8, 4) is 0 Å². The Morgan fingerprint density at radius 2 is 1.75 bits per heavy atom. The fraction of sp³-hybridized carbons (Fsp3) is 0.381. The molecule has 0 aliphatic carbocycles. The summed E-state index contributed by atoms with van der Waals surface area (Å²) >= 11 is 0. The molecule has 28 heavy (non-hydrogen) atoms. The minimum Gasteiger partial charge on any atom is -0.369 e. The summed E-state index contributed by atoms with van der Waals surface area (Å²) in [5.74, 6) is -0.267. The summed E-state index contributed by atoms with van der Waals surface area (Å²) in [5, 5.41) is 2.95. The molecule has 0 radical (unpaired) electrons. The van der Waals surface area contributed by atoms with E-state index in [1.165, 1.54) is 12.1 Å². The molecule has 1 N–H and O–H groups in total. The third-order valence-corrected chi connectivity index (χ3v) is 6.27. The van der Waals surface area contributed by atoms with Crippen LogP contribution in [-0.4, -0.2) is 58.7 Å². The maximum Gasteiger partial charge on any atom is 0.251 e. The molecule has 0 spiro atoms. The summed E-state index contributed by atoms with van der Waals surface area (Å²) < 4.78 is 23.6. The van der Waals surface area contributed by atoms with Gasteiger partial charge in [0.2, 0.25) is 0 Å². The molecular formula is C21H27N3O3S. The first kappa shape index (κ1) is 20.4. The quantitative estimate of drug-likeness (QED) is 0.831. The molecule has 3 rings (SSSR count). The van der Waals surface area contributed by atoms with Gasteiger partial charge in [-0.15, -0.1) is 0 Å². The van der Waals surface area contributed by atoms with Gasteiger partial charge in [-0.1, -0.05) is 24.3 Å². The number of sulfone groups is 1. The van der Waals surface area contributed by atoms with Crippen LogP contribution in [-0.2, 0) is 16.4 Å². The van der Waals surface area contributed by atoms with E-state index in [4.69, 9.17) is 0 Å². The summed E-state index contributed by atoms with van der Waals surface area (Å²) in [6, 6.07) is 12.7. The number of aryl methyl sites for hydroxylation is 1. The Bertz CT molecular complexity index is 965. The molecule has 2 aromatic carbocycles. The minimum atomic E-state index is -3.36. The highest BCUT2D eigenvalue weighted by atomic mass is 32.2. The minimum absolute atomic E-state index is 0.154. The lowest BCUT2D eigenvalue weighted by Gasteiger charge is -2.35. The summed E-state index contributed by atoms with van der Waals surface area (Å²) in [6.45, 7) is 6.13. The van der Waals surface area contributed by atoms with Gasteiger partial charge in [0.15, 0.2) is 9.84 Å². The summed E-state index contributed by atoms with van der Waals surface area (Å²) in [4.78, 5) is 17.5. The summed E-state index contributed by atoms with van der Waals surface area (Å²) in [5.41, 5.74) is 3.33. The van der Waals surface area contributed by atoms with Gasteiger partial charge in [-0.2, -0.15) is 0 Å². The normalized spacial score (nSPS) is 15.5. The van der Waals surface area contributed by atoms with Crippen LogP contribution in [0.25, 0.3) is 0 Å². The summed E-state index contributed by atoms with van der Waals surface area (Å²) in [6.07, 6.45) is 1.14. The largest absolute Gasteiger partial charge is 0.369 e. The number of piperazine rings is 1. The van der Waals surface area contributed by atoms with Gasteiger partial charge in [-0.25, -0.2) is 8.42 Å². The molecule has 1 aliphatic rings. The van der Waals surface area contributed by atoms with Crippen LogP contribution in [0.3, 0.4) is 0 Å². The van der Waals surface area contributed by atoms with Crippen LogP contribution < -0.4 is 10.2 Å². The number of amides is 1. The maximum atomic E-state index is 12.7. The van der Waals surface area contributed by atoms with Crippen molar-refractivity contribution < 1.29 is 13.2 Å². The maximum absolute atomic E-state index is 12.7. The van der Waals surface area contributed by atoms with Gasteiger partial charge in [0, 0.05) is 50.2 Å². The van der Waals surface area contributed by atoms with Crippen LogP contribution >= 0.6 is 0 Å². The Hall–Kier alpha value is -2.38. The van der Waals surface area contributed by atoms with E-state index >= 15 is 0 Å². The van der Waals surface area contributed by atoms with Gasteiger partial charge in [0.05, 0.1) is 4.90 Å². The van der Waals surface area contributed by atoms with Crippen molar-refractivity contribution in [2.45, 2.75) is 18.4 Å². The first-order chi connectivity index (χ1) is 13.3. The molecule has 1 heterocycles. The number of likely N-dealkylation sites (N-methyl/N-ethyl adjacent to an activating group) is 1. The molecular weight excluding hydrogens is 374 g/mol. The van der Waals surface area contributed by atoms with Gasteiger partial charge in [0.25, 0.3) is 5.91 Å². The number of rotatable bonds is 5. The van der Waals surface area contributed by atoms with Crippen molar-refractivity contribution in [1.29, 1.82) is 0 Å². The molecule has 0 aromatic heterocycles. The van der Waals surface area contributed by atoms with Crippen LogP contribution in [0.15, 0.2) is 47.4 Å². The number of carbonyl (C=O) groups excluding carboxylic acids is 1. The Morgan fingerprint density at radius 3 is 2.43 bits per heavy atom. The second-order valence-electron chi connectivity index (χ2n) is 7.35. The van der Waals surface area contributed by atoms with E-state index in [1.54, 1.807) is 13.0 Å². The van der Waals surface area contributed by atoms with Gasteiger partial charge in [0.1, 0.15) is 0 Å². The van der Waals surface area contributed by atoms with Crippen molar-refractivity contribution in [2.75, 3.05) is 44.4 Å². The lowest BCUT2D eigenvalue weighted by molar-refractivity contribution is 0.0950. The van der Waals surface area contributed by atoms with E-state index in [1.807, 2.05) is 18.2 Å². The number of carbonyl (C=O) groups is 1. The van der Waals surface area contributed by atoms with Crippen molar-refractivity contribution >= 4 is 21.4 Å². The summed E-state index contributed by atoms with van der Waals surface area (Å²) in [7, 11) is -1.24. The predicted octanol–water partition coefficient (Wildman–Crippen LogP) is 2.08. The van der Waals surface area contributed by atoms with Crippen molar-refractivity contribution in [1.82, 2.24) is 10.2 Å². The number of hydrogen-bond donors (Lipinski definition) is 1. The highest BCUT2D eigenvalue weighted by Crippen LogP contribution is 2.22. The van der Waals surface area contributed by atoms with E-state index < -0.39 is 9.84 Å². The first-order valence-corrected chi connectivity index (χ1v) is 11.2.